The molecule has 0 aromatic carbocycles. The highest BCUT2D eigenvalue weighted by atomic mass is 16.6. The molecule has 7 nitrogen and oxygen atoms in total. The van der Waals surface area contributed by atoms with E-state index in [4.69, 9.17) is 14.2 Å². The summed E-state index contributed by atoms with van der Waals surface area (Å²) < 4.78 is 16.4. The quantitative estimate of drug-likeness (QED) is 0.336. The van der Waals surface area contributed by atoms with Crippen LogP contribution in [0.15, 0.2) is 36.0 Å². The molecule has 0 amide bonds. The number of fused-ring (bicyclic) bond motifs is 2. The van der Waals surface area contributed by atoms with Gasteiger partial charge in [-0.15, -0.1) is 0 Å². The molecule has 1 saturated carbocycles. The van der Waals surface area contributed by atoms with Crippen LogP contribution in [0.4, 0.5) is 0 Å². The van der Waals surface area contributed by atoms with Gasteiger partial charge in [-0.25, -0.2) is 9.59 Å². The van der Waals surface area contributed by atoms with Crippen LogP contribution in [-0.4, -0.2) is 52.8 Å². The number of aliphatic hydroxyl groups is 1. The van der Waals surface area contributed by atoms with Gasteiger partial charge in [-0.1, -0.05) is 19.2 Å². The fraction of sp³-hybridized carbons (Fsp3) is 0.550. The van der Waals surface area contributed by atoms with Gasteiger partial charge in [0.05, 0.1) is 5.92 Å². The average molecular weight is 376 g/mol. The predicted molar refractivity (Wildman–Crippen MR) is 94.5 cm³/mol. The lowest BCUT2D eigenvalue weighted by Gasteiger charge is -2.32. The van der Waals surface area contributed by atoms with E-state index in [1.165, 1.54) is 0 Å². The second kappa shape index (κ2) is 6.73. The zero-order chi connectivity index (χ0) is 20.1. The Morgan fingerprint density at radius 2 is 2.04 bits per heavy atom. The maximum absolute atomic E-state index is 12.5. The molecule has 27 heavy (non-hydrogen) atoms. The maximum Gasteiger partial charge on any atom is 0.334 e. The van der Waals surface area contributed by atoms with Crippen LogP contribution in [0, 0.1) is 5.92 Å². The van der Waals surface area contributed by atoms with Gasteiger partial charge in [0.1, 0.15) is 30.0 Å². The van der Waals surface area contributed by atoms with Gasteiger partial charge in [-0.3, -0.25) is 4.79 Å². The fourth-order valence-corrected chi connectivity index (χ4v) is 3.76. The van der Waals surface area contributed by atoms with Crippen LogP contribution in [0.3, 0.4) is 0 Å². The number of allylic oxidation sites excluding steroid dienone is 1. The van der Waals surface area contributed by atoms with Crippen molar-refractivity contribution in [2.24, 2.45) is 5.92 Å². The smallest absolute Gasteiger partial charge is 0.334 e. The molecule has 2 aliphatic heterocycles. The number of ether oxygens (including phenoxy) is 3. The highest BCUT2D eigenvalue weighted by Crippen LogP contribution is 2.47. The van der Waals surface area contributed by atoms with Crippen LogP contribution < -0.4 is 0 Å². The summed E-state index contributed by atoms with van der Waals surface area (Å²) in [7, 11) is 0. The summed E-state index contributed by atoms with van der Waals surface area (Å²) in [6, 6.07) is 0. The van der Waals surface area contributed by atoms with E-state index in [1.54, 1.807) is 26.8 Å². The third-order valence-corrected chi connectivity index (χ3v) is 5.58. The van der Waals surface area contributed by atoms with Crippen LogP contribution in [0.1, 0.15) is 33.6 Å². The molecule has 1 aliphatic carbocycles. The molecule has 6 atom stereocenters. The summed E-state index contributed by atoms with van der Waals surface area (Å²) in [5, 5.41) is 11.0. The molecule has 1 N–H and O–H groups in total. The standard InChI is InChI=1S/C20H24O7/c1-6-9(2)18(23)26-16-10(3)7-12(21)17-20(5,27-17)8-13-14(15(16)22)11(4)19(24)25-13/h6,13-17,22H,3-4,7-8H2,1-2,5H3/b9-6-/t13-,14-,15-,16-,17-,20+/m0/s1. The first-order valence-corrected chi connectivity index (χ1v) is 8.89. The first kappa shape index (κ1) is 19.5. The molecule has 2 saturated heterocycles. The second-order valence-electron chi connectivity index (χ2n) is 7.60. The minimum Gasteiger partial charge on any atom is -0.458 e. The van der Waals surface area contributed by atoms with E-state index in [0.717, 1.165) is 0 Å². The lowest BCUT2D eigenvalue weighted by molar-refractivity contribution is -0.151. The molecule has 0 radical (unpaired) electrons. The van der Waals surface area contributed by atoms with Crippen molar-refractivity contribution in [3.63, 3.8) is 0 Å². The number of hydrogen-bond acceptors (Lipinski definition) is 7. The molecule has 0 unspecified atom stereocenters. The van der Waals surface area contributed by atoms with E-state index in [9.17, 15) is 19.5 Å². The summed E-state index contributed by atoms with van der Waals surface area (Å²) in [4.78, 5) is 36.8. The van der Waals surface area contributed by atoms with E-state index < -0.39 is 47.9 Å². The maximum atomic E-state index is 12.5. The van der Waals surface area contributed by atoms with E-state index >= 15 is 0 Å². The monoisotopic (exact) mass is 376 g/mol. The summed E-state index contributed by atoms with van der Waals surface area (Å²) >= 11 is 0. The van der Waals surface area contributed by atoms with E-state index in [0.29, 0.717) is 5.57 Å². The Balaban J connectivity index is 1.96. The zero-order valence-corrected chi connectivity index (χ0v) is 15.7. The van der Waals surface area contributed by atoms with Gasteiger partial charge in [0.2, 0.25) is 0 Å². The number of Topliss-reactive ketones (excluding diaryl/α,β-unsaturated/α-hetero) is 1. The Morgan fingerprint density at radius 3 is 2.67 bits per heavy atom. The van der Waals surface area contributed by atoms with Crippen molar-refractivity contribution in [3.05, 3.63) is 36.0 Å². The van der Waals surface area contributed by atoms with Crippen molar-refractivity contribution in [2.75, 3.05) is 0 Å². The molecule has 0 aromatic rings. The number of aliphatic hydroxyl groups excluding tert-OH is 1. The van der Waals surface area contributed by atoms with Crippen LogP contribution >= 0.6 is 0 Å². The largest absolute Gasteiger partial charge is 0.458 e. The predicted octanol–water partition coefficient (Wildman–Crippen LogP) is 1.40. The van der Waals surface area contributed by atoms with Gasteiger partial charge in [-0.2, -0.15) is 0 Å². The molecular formula is C20H24O7. The SMILES string of the molecule is C=C1C(=O)O[C@H]2C[C@@]3(C)O[C@H]3C(=O)CC(=C)[C@H](OC(=O)/C(C)=C\C)[C@@H](O)[C@@H]12. The first-order chi connectivity index (χ1) is 12.6. The number of carbonyl (C=O) groups excluding carboxylic acids is 3. The van der Waals surface area contributed by atoms with E-state index in [-0.39, 0.29) is 29.8 Å². The minimum atomic E-state index is -1.32. The molecule has 3 aliphatic rings. The second-order valence-corrected chi connectivity index (χ2v) is 7.60. The van der Waals surface area contributed by atoms with Gasteiger partial charge in [0, 0.05) is 24.0 Å². The fourth-order valence-electron chi connectivity index (χ4n) is 3.76. The average Bonchev–Trinajstić information content (AvgIpc) is 3.20. The van der Waals surface area contributed by atoms with Gasteiger partial charge in [0.15, 0.2) is 5.78 Å². The Bertz CT molecular complexity index is 764. The normalized spacial score (nSPS) is 39.4. The molecule has 0 spiro atoms. The molecule has 3 fully saturated rings. The van der Waals surface area contributed by atoms with Crippen molar-refractivity contribution in [3.8, 4) is 0 Å². The number of ketones is 1. The molecule has 0 aromatic heterocycles. The molecular weight excluding hydrogens is 352 g/mol. The Labute approximate surface area is 157 Å². The zero-order valence-electron chi connectivity index (χ0n) is 15.7. The Kier molecular flexibility index (Phi) is 4.86. The third kappa shape index (κ3) is 3.37. The van der Waals surface area contributed by atoms with Gasteiger partial charge in [0.25, 0.3) is 0 Å². The van der Waals surface area contributed by atoms with Gasteiger partial charge in [-0.05, 0) is 26.3 Å². The molecule has 2 heterocycles. The number of hydrogen-bond donors (Lipinski definition) is 1. The number of rotatable bonds is 2. The third-order valence-electron chi connectivity index (χ3n) is 5.58. The van der Waals surface area contributed by atoms with Crippen molar-refractivity contribution in [2.45, 2.75) is 63.6 Å². The highest BCUT2D eigenvalue weighted by molar-refractivity contribution is 5.92. The Morgan fingerprint density at radius 1 is 1.37 bits per heavy atom. The summed E-state index contributed by atoms with van der Waals surface area (Å²) in [5.41, 5.74) is -0.0477. The van der Waals surface area contributed by atoms with E-state index in [1.807, 2.05) is 0 Å². The summed E-state index contributed by atoms with van der Waals surface area (Å²) in [5.74, 6) is -2.24. The van der Waals surface area contributed by atoms with Crippen LogP contribution in [0.25, 0.3) is 0 Å². The number of carbonyl (C=O) groups is 3. The number of esters is 2. The molecule has 3 rings (SSSR count). The van der Waals surface area contributed by atoms with Crippen LogP contribution in [-0.2, 0) is 28.6 Å². The lowest BCUT2D eigenvalue weighted by Crippen LogP contribution is -2.44. The van der Waals surface area contributed by atoms with Gasteiger partial charge >= 0.3 is 11.9 Å². The summed E-state index contributed by atoms with van der Waals surface area (Å²) in [6.45, 7) is 12.6. The van der Waals surface area contributed by atoms with Crippen molar-refractivity contribution < 1.29 is 33.7 Å². The highest BCUT2D eigenvalue weighted by Gasteiger charge is 2.61. The number of epoxide rings is 1. The molecule has 0 bridgehead atoms. The Hall–Kier alpha value is -2.25. The topological polar surface area (TPSA) is 102 Å². The molecule has 7 heteroatoms. The van der Waals surface area contributed by atoms with Crippen molar-refractivity contribution in [1.29, 1.82) is 0 Å². The van der Waals surface area contributed by atoms with Crippen LogP contribution in [0.2, 0.25) is 0 Å². The van der Waals surface area contributed by atoms with Gasteiger partial charge < -0.3 is 19.3 Å². The van der Waals surface area contributed by atoms with Crippen molar-refractivity contribution >= 4 is 17.7 Å². The summed E-state index contributed by atoms with van der Waals surface area (Å²) in [6.07, 6.45) is -2.11. The van der Waals surface area contributed by atoms with E-state index in [2.05, 4.69) is 13.2 Å². The molecule has 146 valence electrons. The minimum absolute atomic E-state index is 0.0944. The lowest BCUT2D eigenvalue weighted by atomic mass is 9.79. The van der Waals surface area contributed by atoms with Crippen LogP contribution in [0.5, 0.6) is 0 Å². The van der Waals surface area contributed by atoms with Crippen molar-refractivity contribution in [1.82, 2.24) is 0 Å². The first-order valence-electron chi connectivity index (χ1n) is 8.89.